The third kappa shape index (κ3) is 4.65. The number of nitrogens with zero attached hydrogens (tertiary/aromatic N) is 3. The first-order chi connectivity index (χ1) is 14.2. The molecule has 1 aliphatic rings. The van der Waals surface area contributed by atoms with Crippen LogP contribution in [0.5, 0.6) is 0 Å². The van der Waals surface area contributed by atoms with Gasteiger partial charge in [-0.3, -0.25) is 4.79 Å². The van der Waals surface area contributed by atoms with Crippen molar-refractivity contribution in [2.45, 2.75) is 38.6 Å². The molecule has 0 radical (unpaired) electrons. The average molecular weight is 390 g/mol. The predicted octanol–water partition coefficient (Wildman–Crippen LogP) is 4.08. The predicted molar refractivity (Wildman–Crippen MR) is 112 cm³/mol. The van der Waals surface area contributed by atoms with E-state index >= 15 is 0 Å². The Morgan fingerprint density at radius 2 is 1.76 bits per heavy atom. The molecule has 6 nitrogen and oxygen atoms in total. The van der Waals surface area contributed by atoms with Crippen LogP contribution in [0, 0.1) is 6.92 Å². The Kier molecular flexibility index (Phi) is 5.89. The summed E-state index contributed by atoms with van der Waals surface area (Å²) < 4.78 is 6.01. The summed E-state index contributed by atoms with van der Waals surface area (Å²) in [5.74, 6) is 0.304. The standard InChI is InChI=1S/C23H26N4O2/c1-17-10-6-7-13-19(17)21(28)24-20(16-18-11-4-2-5-12-18)22-25-26-23(29-22)27-14-8-3-9-15-27/h2,4-7,10-13,20H,3,8-9,14-16H2,1H3,(H,24,28)/t20-/m1/s1. The lowest BCUT2D eigenvalue weighted by Gasteiger charge is -2.24. The molecule has 1 fully saturated rings. The van der Waals surface area contributed by atoms with Crippen LogP contribution in [0.2, 0.25) is 0 Å². The summed E-state index contributed by atoms with van der Waals surface area (Å²) in [6, 6.07) is 17.7. The molecule has 1 aromatic heterocycles. The second kappa shape index (κ2) is 8.90. The molecule has 29 heavy (non-hydrogen) atoms. The zero-order chi connectivity index (χ0) is 20.1. The van der Waals surface area contributed by atoms with E-state index in [4.69, 9.17) is 4.42 Å². The lowest BCUT2D eigenvalue weighted by molar-refractivity contribution is 0.0929. The van der Waals surface area contributed by atoms with Crippen molar-refractivity contribution in [2.75, 3.05) is 18.0 Å². The number of benzene rings is 2. The topological polar surface area (TPSA) is 71.3 Å². The lowest BCUT2D eigenvalue weighted by Crippen LogP contribution is -2.31. The second-order valence-electron chi connectivity index (χ2n) is 7.50. The molecule has 0 aliphatic carbocycles. The number of carbonyl (C=O) groups is 1. The van der Waals surface area contributed by atoms with Gasteiger partial charge in [0.25, 0.3) is 5.91 Å². The summed E-state index contributed by atoms with van der Waals surface area (Å²) in [6.07, 6.45) is 4.09. The van der Waals surface area contributed by atoms with E-state index in [2.05, 4.69) is 20.4 Å². The SMILES string of the molecule is Cc1ccccc1C(=O)N[C@H](Cc1ccccc1)c1nnc(N2CCCCC2)o1. The first-order valence-electron chi connectivity index (χ1n) is 10.2. The number of hydrogen-bond donors (Lipinski definition) is 1. The van der Waals surface area contributed by atoms with Crippen molar-refractivity contribution in [3.8, 4) is 0 Å². The quantitative estimate of drug-likeness (QED) is 0.687. The van der Waals surface area contributed by atoms with E-state index in [1.54, 1.807) is 0 Å². The molecular weight excluding hydrogens is 364 g/mol. The van der Waals surface area contributed by atoms with E-state index < -0.39 is 6.04 Å². The first kappa shape index (κ1) is 19.2. The number of nitrogens with one attached hydrogen (secondary N) is 1. The van der Waals surface area contributed by atoms with Crippen molar-refractivity contribution >= 4 is 11.9 Å². The highest BCUT2D eigenvalue weighted by Gasteiger charge is 2.25. The summed E-state index contributed by atoms with van der Waals surface area (Å²) in [4.78, 5) is 15.1. The molecule has 1 aliphatic heterocycles. The van der Waals surface area contributed by atoms with Gasteiger partial charge in [0.1, 0.15) is 6.04 Å². The molecule has 1 atom stereocenters. The highest BCUT2D eigenvalue weighted by Crippen LogP contribution is 2.24. The molecule has 1 N–H and O–H groups in total. The maximum atomic E-state index is 12.9. The number of carbonyl (C=O) groups excluding carboxylic acids is 1. The van der Waals surface area contributed by atoms with Gasteiger partial charge in [-0.05, 0) is 43.4 Å². The van der Waals surface area contributed by atoms with Crippen molar-refractivity contribution in [2.24, 2.45) is 0 Å². The van der Waals surface area contributed by atoms with Gasteiger partial charge < -0.3 is 14.6 Å². The van der Waals surface area contributed by atoms with Gasteiger partial charge in [0.2, 0.25) is 5.89 Å². The van der Waals surface area contributed by atoms with Crippen LogP contribution in [0.25, 0.3) is 0 Å². The van der Waals surface area contributed by atoms with Crippen molar-refractivity contribution < 1.29 is 9.21 Å². The molecule has 0 saturated carbocycles. The second-order valence-corrected chi connectivity index (χ2v) is 7.50. The monoisotopic (exact) mass is 390 g/mol. The fourth-order valence-corrected chi connectivity index (χ4v) is 3.69. The Labute approximate surface area is 170 Å². The zero-order valence-electron chi connectivity index (χ0n) is 16.7. The van der Waals surface area contributed by atoms with Crippen LogP contribution in [0.3, 0.4) is 0 Å². The van der Waals surface area contributed by atoms with Crippen LogP contribution < -0.4 is 10.2 Å². The molecule has 2 heterocycles. The van der Waals surface area contributed by atoms with E-state index in [1.165, 1.54) is 6.42 Å². The third-order valence-electron chi connectivity index (χ3n) is 5.33. The van der Waals surface area contributed by atoms with Crippen molar-refractivity contribution in [1.29, 1.82) is 0 Å². The Morgan fingerprint density at radius 1 is 1.03 bits per heavy atom. The summed E-state index contributed by atoms with van der Waals surface area (Å²) >= 11 is 0. The van der Waals surface area contributed by atoms with Crippen LogP contribution in [0.1, 0.15) is 52.7 Å². The molecule has 4 rings (SSSR count). The Morgan fingerprint density at radius 3 is 2.52 bits per heavy atom. The number of aryl methyl sites for hydroxylation is 1. The Balaban J connectivity index is 1.57. The average Bonchev–Trinajstić information content (AvgIpc) is 3.25. The highest BCUT2D eigenvalue weighted by atomic mass is 16.4. The number of piperidine rings is 1. The number of amides is 1. The van der Waals surface area contributed by atoms with Gasteiger partial charge >= 0.3 is 6.01 Å². The van der Waals surface area contributed by atoms with Gasteiger partial charge in [-0.15, -0.1) is 5.10 Å². The van der Waals surface area contributed by atoms with E-state index in [0.717, 1.165) is 37.1 Å². The van der Waals surface area contributed by atoms with Crippen LogP contribution >= 0.6 is 0 Å². The highest BCUT2D eigenvalue weighted by molar-refractivity contribution is 5.95. The zero-order valence-corrected chi connectivity index (χ0v) is 16.7. The molecule has 1 amide bonds. The summed E-state index contributed by atoms with van der Waals surface area (Å²) in [5.41, 5.74) is 2.68. The minimum atomic E-state index is -0.393. The third-order valence-corrected chi connectivity index (χ3v) is 5.33. The van der Waals surface area contributed by atoms with Gasteiger partial charge in [-0.25, -0.2) is 0 Å². The molecule has 0 spiro atoms. The van der Waals surface area contributed by atoms with Crippen molar-refractivity contribution in [3.05, 3.63) is 77.2 Å². The van der Waals surface area contributed by atoms with Gasteiger partial charge in [-0.1, -0.05) is 53.6 Å². The molecule has 6 heteroatoms. The maximum absolute atomic E-state index is 12.9. The number of aromatic nitrogens is 2. The Bertz CT molecular complexity index is 948. The van der Waals surface area contributed by atoms with Gasteiger partial charge in [0, 0.05) is 25.1 Å². The fraction of sp³-hybridized carbons (Fsp3) is 0.348. The number of rotatable bonds is 6. The smallest absolute Gasteiger partial charge is 0.318 e. The number of hydrogen-bond acceptors (Lipinski definition) is 5. The largest absolute Gasteiger partial charge is 0.406 e. The van der Waals surface area contributed by atoms with Gasteiger partial charge in [0.05, 0.1) is 0 Å². The normalized spacial score (nSPS) is 15.1. The lowest BCUT2D eigenvalue weighted by atomic mass is 10.0. The van der Waals surface area contributed by atoms with Gasteiger partial charge in [0.15, 0.2) is 0 Å². The maximum Gasteiger partial charge on any atom is 0.318 e. The van der Waals surface area contributed by atoms with E-state index in [1.807, 2.05) is 61.5 Å². The minimum Gasteiger partial charge on any atom is -0.406 e. The molecule has 0 bridgehead atoms. The molecule has 0 unspecified atom stereocenters. The summed E-state index contributed by atoms with van der Waals surface area (Å²) in [6.45, 7) is 3.80. The summed E-state index contributed by atoms with van der Waals surface area (Å²) in [5, 5.41) is 11.6. The van der Waals surface area contributed by atoms with Crippen LogP contribution in [-0.4, -0.2) is 29.2 Å². The molecule has 2 aromatic carbocycles. The van der Waals surface area contributed by atoms with E-state index in [-0.39, 0.29) is 5.91 Å². The van der Waals surface area contributed by atoms with Crippen LogP contribution in [0.4, 0.5) is 6.01 Å². The molecule has 3 aromatic rings. The van der Waals surface area contributed by atoms with E-state index in [0.29, 0.717) is 23.9 Å². The van der Waals surface area contributed by atoms with Crippen molar-refractivity contribution in [1.82, 2.24) is 15.5 Å². The van der Waals surface area contributed by atoms with Gasteiger partial charge in [-0.2, -0.15) is 0 Å². The minimum absolute atomic E-state index is 0.137. The molecule has 1 saturated heterocycles. The summed E-state index contributed by atoms with van der Waals surface area (Å²) in [7, 11) is 0. The Hall–Kier alpha value is -3.15. The number of anilines is 1. The molecule has 150 valence electrons. The van der Waals surface area contributed by atoms with Crippen molar-refractivity contribution in [3.63, 3.8) is 0 Å². The van der Waals surface area contributed by atoms with Crippen LogP contribution in [0.15, 0.2) is 59.0 Å². The fourth-order valence-electron chi connectivity index (χ4n) is 3.69. The van der Waals surface area contributed by atoms with Crippen LogP contribution in [-0.2, 0) is 6.42 Å². The molecular formula is C23H26N4O2. The first-order valence-corrected chi connectivity index (χ1v) is 10.2. The van der Waals surface area contributed by atoms with E-state index in [9.17, 15) is 4.79 Å².